The minimum Gasteiger partial charge on any atom is -0.480 e. The number of halogens is 3. The maximum atomic E-state index is 13.6. The van der Waals surface area contributed by atoms with Crippen molar-refractivity contribution in [3.05, 3.63) is 35.4 Å². The molecule has 1 aliphatic heterocycles. The van der Waals surface area contributed by atoms with Crippen molar-refractivity contribution >= 4 is 18.4 Å². The van der Waals surface area contributed by atoms with Gasteiger partial charge >= 0.3 is 5.97 Å². The first-order chi connectivity index (χ1) is 9.95. The van der Waals surface area contributed by atoms with Gasteiger partial charge in [0.05, 0.1) is 6.54 Å². The van der Waals surface area contributed by atoms with Crippen LogP contribution in [0.3, 0.4) is 0 Å². The zero-order chi connectivity index (χ0) is 15.4. The lowest BCUT2D eigenvalue weighted by molar-refractivity contribution is -0.138. The Hall–Kier alpha value is -1.24. The van der Waals surface area contributed by atoms with E-state index < -0.39 is 11.8 Å². The molecule has 1 aromatic rings. The van der Waals surface area contributed by atoms with Gasteiger partial charge in [-0.05, 0) is 51.2 Å². The monoisotopic (exact) mass is 334 g/mol. The quantitative estimate of drug-likeness (QED) is 0.898. The number of likely N-dealkylation sites (N-methyl/N-ethyl adjacent to an activating group) is 1. The molecule has 0 aromatic heterocycles. The van der Waals surface area contributed by atoms with Crippen LogP contribution in [-0.2, 0) is 11.3 Å². The number of carbonyl (C=O) groups is 1. The van der Waals surface area contributed by atoms with Crippen LogP contribution in [0.2, 0.25) is 0 Å². The van der Waals surface area contributed by atoms with Crippen molar-refractivity contribution in [3.63, 3.8) is 0 Å². The minimum atomic E-state index is -0.832. The predicted molar refractivity (Wildman–Crippen MR) is 82.2 cm³/mol. The molecule has 1 fully saturated rings. The van der Waals surface area contributed by atoms with Crippen molar-refractivity contribution in [2.45, 2.75) is 25.4 Å². The average molecular weight is 335 g/mol. The number of piperidine rings is 1. The molecule has 0 atom stereocenters. The number of aliphatic carboxylic acids is 1. The van der Waals surface area contributed by atoms with Crippen molar-refractivity contribution in [3.8, 4) is 0 Å². The van der Waals surface area contributed by atoms with Crippen LogP contribution in [0.25, 0.3) is 0 Å². The number of likely N-dealkylation sites (tertiary alicyclic amines) is 1. The van der Waals surface area contributed by atoms with Gasteiger partial charge in [0.15, 0.2) is 0 Å². The molecule has 124 valence electrons. The van der Waals surface area contributed by atoms with Crippen LogP contribution in [0.4, 0.5) is 8.78 Å². The molecular weight excluding hydrogens is 314 g/mol. The van der Waals surface area contributed by atoms with Crippen molar-refractivity contribution in [2.75, 3.05) is 26.7 Å². The van der Waals surface area contributed by atoms with E-state index in [2.05, 4.69) is 4.90 Å². The van der Waals surface area contributed by atoms with Crippen LogP contribution in [0.5, 0.6) is 0 Å². The minimum absolute atomic E-state index is 0. The highest BCUT2D eigenvalue weighted by molar-refractivity contribution is 5.85. The molecule has 2 rings (SSSR count). The molecule has 0 amide bonds. The fourth-order valence-electron chi connectivity index (χ4n) is 2.77. The van der Waals surface area contributed by atoms with E-state index in [9.17, 15) is 13.6 Å². The van der Waals surface area contributed by atoms with Crippen LogP contribution >= 0.6 is 12.4 Å². The SMILES string of the molecule is CN(CC(=O)O)C1CCN(Cc2cc(F)ccc2F)CC1.Cl. The van der Waals surface area contributed by atoms with Gasteiger partial charge in [-0.1, -0.05) is 0 Å². The molecule has 0 saturated carbocycles. The summed E-state index contributed by atoms with van der Waals surface area (Å²) in [7, 11) is 1.81. The molecule has 0 radical (unpaired) electrons. The average Bonchev–Trinajstić information content (AvgIpc) is 2.43. The lowest BCUT2D eigenvalue weighted by Gasteiger charge is -2.36. The first kappa shape index (κ1) is 18.8. The van der Waals surface area contributed by atoms with Crippen molar-refractivity contribution in [1.82, 2.24) is 9.80 Å². The van der Waals surface area contributed by atoms with E-state index >= 15 is 0 Å². The van der Waals surface area contributed by atoms with Gasteiger partial charge in [-0.3, -0.25) is 14.6 Å². The number of rotatable bonds is 5. The van der Waals surface area contributed by atoms with Gasteiger partial charge in [0.25, 0.3) is 0 Å². The Morgan fingerprint density at radius 3 is 2.59 bits per heavy atom. The first-order valence-electron chi connectivity index (χ1n) is 7.04. The number of hydrogen-bond acceptors (Lipinski definition) is 3. The van der Waals surface area contributed by atoms with E-state index in [-0.39, 0.29) is 30.8 Å². The zero-order valence-corrected chi connectivity index (χ0v) is 13.3. The predicted octanol–water partition coefficient (Wildman–Crippen LogP) is 2.37. The summed E-state index contributed by atoms with van der Waals surface area (Å²) in [5.74, 6) is -1.65. The number of carboxylic acid groups (broad SMARTS) is 1. The number of hydrogen-bond donors (Lipinski definition) is 1. The summed E-state index contributed by atoms with van der Waals surface area (Å²) in [5, 5.41) is 8.79. The molecule has 22 heavy (non-hydrogen) atoms. The van der Waals surface area contributed by atoms with Gasteiger partial charge in [0, 0.05) is 18.2 Å². The van der Waals surface area contributed by atoms with E-state index in [1.54, 1.807) is 7.05 Å². The molecule has 4 nitrogen and oxygen atoms in total. The third kappa shape index (κ3) is 5.19. The van der Waals surface area contributed by atoms with E-state index in [4.69, 9.17) is 5.11 Å². The molecule has 1 aromatic carbocycles. The largest absolute Gasteiger partial charge is 0.480 e. The lowest BCUT2D eigenvalue weighted by Crippen LogP contribution is -2.44. The fourth-order valence-corrected chi connectivity index (χ4v) is 2.77. The van der Waals surface area contributed by atoms with Crippen LogP contribution in [-0.4, -0.2) is 53.6 Å². The molecule has 1 N–H and O–H groups in total. The number of benzene rings is 1. The summed E-state index contributed by atoms with van der Waals surface area (Å²) in [6.07, 6.45) is 1.67. The van der Waals surface area contributed by atoms with Crippen LogP contribution < -0.4 is 0 Å². The van der Waals surface area contributed by atoms with Gasteiger partial charge in [0.1, 0.15) is 11.6 Å². The molecule has 1 heterocycles. The standard InChI is InChI=1S/C15H20F2N2O2.ClH/c1-18(10-15(20)21)13-4-6-19(7-5-13)9-11-8-12(16)2-3-14(11)17;/h2-3,8,13H,4-7,9-10H2,1H3,(H,20,21);1H. The molecule has 0 spiro atoms. The summed E-state index contributed by atoms with van der Waals surface area (Å²) >= 11 is 0. The molecular formula is C15H21ClF2N2O2. The van der Waals surface area contributed by atoms with Crippen LogP contribution in [0.15, 0.2) is 18.2 Å². The Morgan fingerprint density at radius 2 is 2.00 bits per heavy atom. The second kappa shape index (κ2) is 8.41. The maximum Gasteiger partial charge on any atom is 0.317 e. The van der Waals surface area contributed by atoms with Gasteiger partial charge in [-0.15, -0.1) is 12.4 Å². The highest BCUT2D eigenvalue weighted by Crippen LogP contribution is 2.19. The Bertz CT molecular complexity index is 508. The summed E-state index contributed by atoms with van der Waals surface area (Å²) in [6, 6.07) is 3.73. The van der Waals surface area contributed by atoms with E-state index in [1.807, 2.05) is 4.90 Å². The van der Waals surface area contributed by atoms with Gasteiger partial charge < -0.3 is 5.11 Å². The summed E-state index contributed by atoms with van der Waals surface area (Å²) in [4.78, 5) is 14.6. The summed E-state index contributed by atoms with van der Waals surface area (Å²) in [6.45, 7) is 1.93. The van der Waals surface area contributed by atoms with Crippen molar-refractivity contribution < 1.29 is 18.7 Å². The summed E-state index contributed by atoms with van der Waals surface area (Å²) in [5.41, 5.74) is 0.368. The molecule has 1 saturated heterocycles. The second-order valence-corrected chi connectivity index (χ2v) is 5.55. The molecule has 0 aliphatic carbocycles. The highest BCUT2D eigenvalue weighted by atomic mass is 35.5. The Kier molecular flexibility index (Phi) is 7.19. The van der Waals surface area contributed by atoms with Crippen LogP contribution in [0, 0.1) is 11.6 Å². The van der Waals surface area contributed by atoms with E-state index in [0.717, 1.165) is 38.1 Å². The van der Waals surface area contributed by atoms with E-state index in [0.29, 0.717) is 12.1 Å². The normalized spacial score (nSPS) is 16.5. The molecule has 1 aliphatic rings. The van der Waals surface area contributed by atoms with Crippen molar-refractivity contribution in [2.24, 2.45) is 0 Å². The third-order valence-electron chi connectivity index (χ3n) is 3.97. The highest BCUT2D eigenvalue weighted by Gasteiger charge is 2.24. The number of carboxylic acids is 1. The Balaban J connectivity index is 0.00000242. The number of nitrogens with zero attached hydrogens (tertiary/aromatic N) is 2. The zero-order valence-electron chi connectivity index (χ0n) is 12.5. The van der Waals surface area contributed by atoms with Crippen LogP contribution in [0.1, 0.15) is 18.4 Å². The summed E-state index contributed by atoms with van der Waals surface area (Å²) < 4.78 is 26.7. The van der Waals surface area contributed by atoms with Gasteiger partial charge in [0.2, 0.25) is 0 Å². The fraction of sp³-hybridized carbons (Fsp3) is 0.533. The van der Waals surface area contributed by atoms with Crippen molar-refractivity contribution in [1.29, 1.82) is 0 Å². The Labute approximate surface area is 135 Å². The second-order valence-electron chi connectivity index (χ2n) is 5.55. The first-order valence-corrected chi connectivity index (χ1v) is 7.04. The molecule has 7 heteroatoms. The topological polar surface area (TPSA) is 43.8 Å². The lowest BCUT2D eigenvalue weighted by atomic mass is 10.0. The molecule has 0 unspecified atom stereocenters. The maximum absolute atomic E-state index is 13.6. The Morgan fingerprint density at radius 1 is 1.36 bits per heavy atom. The third-order valence-corrected chi connectivity index (χ3v) is 3.97. The van der Waals surface area contributed by atoms with Gasteiger partial charge in [-0.25, -0.2) is 8.78 Å². The molecule has 0 bridgehead atoms. The van der Waals surface area contributed by atoms with Gasteiger partial charge in [-0.2, -0.15) is 0 Å². The van der Waals surface area contributed by atoms with E-state index in [1.165, 1.54) is 6.07 Å². The smallest absolute Gasteiger partial charge is 0.317 e.